The van der Waals surface area contributed by atoms with Crippen molar-refractivity contribution in [3.8, 4) is 5.69 Å². The lowest BCUT2D eigenvalue weighted by Crippen LogP contribution is -2.32. The predicted molar refractivity (Wildman–Crippen MR) is 125 cm³/mol. The van der Waals surface area contributed by atoms with Crippen molar-refractivity contribution in [3.63, 3.8) is 0 Å². The van der Waals surface area contributed by atoms with E-state index in [0.29, 0.717) is 22.6 Å². The Balaban J connectivity index is 1.73. The smallest absolute Gasteiger partial charge is 0.254 e. The van der Waals surface area contributed by atoms with Crippen molar-refractivity contribution in [2.45, 2.75) is 23.9 Å². The summed E-state index contributed by atoms with van der Waals surface area (Å²) in [6.45, 7) is 9.01. The fraction of sp³-hybridized carbons (Fsp3) is 0.227. The van der Waals surface area contributed by atoms with Crippen molar-refractivity contribution in [1.29, 1.82) is 0 Å². The van der Waals surface area contributed by atoms with Crippen molar-refractivity contribution in [2.75, 3.05) is 13.1 Å². The highest BCUT2D eigenvalue weighted by Crippen LogP contribution is 2.27. The summed E-state index contributed by atoms with van der Waals surface area (Å²) < 4.78 is 3.38. The van der Waals surface area contributed by atoms with Gasteiger partial charge in [0.25, 0.3) is 5.91 Å². The second kappa shape index (κ2) is 10.0. The van der Waals surface area contributed by atoms with Crippen LogP contribution in [0.5, 0.6) is 0 Å². The van der Waals surface area contributed by atoms with Crippen LogP contribution in [0.3, 0.4) is 0 Å². The molecule has 0 aliphatic rings. The van der Waals surface area contributed by atoms with E-state index in [9.17, 15) is 4.79 Å². The third-order valence-electron chi connectivity index (χ3n) is 4.22. The van der Waals surface area contributed by atoms with Gasteiger partial charge in [0.05, 0.1) is 5.69 Å². The molecular formula is C22H23N3OS3. The number of thioether (sulfide) groups is 1. The minimum absolute atomic E-state index is 0.00281. The highest BCUT2D eigenvalue weighted by Gasteiger charge is 2.14. The second-order valence-electron chi connectivity index (χ2n) is 6.64. The van der Waals surface area contributed by atoms with E-state index in [2.05, 4.69) is 23.8 Å². The summed E-state index contributed by atoms with van der Waals surface area (Å²) in [5.41, 5.74) is 3.73. The Morgan fingerprint density at radius 2 is 1.90 bits per heavy atom. The van der Waals surface area contributed by atoms with Crippen LogP contribution in [0, 0.1) is 3.95 Å². The molecule has 0 bridgehead atoms. The average Bonchev–Trinajstić information content (AvgIpc) is 3.11. The fourth-order valence-corrected chi connectivity index (χ4v) is 5.10. The molecule has 1 heterocycles. The molecule has 150 valence electrons. The van der Waals surface area contributed by atoms with Crippen molar-refractivity contribution in [2.24, 2.45) is 0 Å². The molecule has 0 aliphatic heterocycles. The van der Waals surface area contributed by atoms with Crippen LogP contribution >= 0.6 is 35.3 Å². The van der Waals surface area contributed by atoms with Gasteiger partial charge < -0.3 is 4.90 Å². The minimum Gasteiger partial charge on any atom is -0.335 e. The summed E-state index contributed by atoms with van der Waals surface area (Å²) in [7, 11) is 0. The summed E-state index contributed by atoms with van der Waals surface area (Å²) in [6, 6.07) is 17.7. The lowest BCUT2D eigenvalue weighted by Gasteiger charge is -2.21. The number of aromatic nitrogens is 2. The van der Waals surface area contributed by atoms with Crippen LogP contribution in [-0.4, -0.2) is 33.7 Å². The molecule has 2 aromatic carbocycles. The lowest BCUT2D eigenvalue weighted by atomic mass is 10.1. The van der Waals surface area contributed by atoms with E-state index in [1.165, 1.54) is 16.9 Å². The van der Waals surface area contributed by atoms with Gasteiger partial charge in [0.1, 0.15) is 0 Å². The molecule has 0 fully saturated rings. The zero-order valence-corrected chi connectivity index (χ0v) is 18.9. The Hall–Kier alpha value is -2.22. The summed E-state index contributed by atoms with van der Waals surface area (Å²) in [4.78, 5) is 14.5. The maximum absolute atomic E-state index is 12.7. The van der Waals surface area contributed by atoms with Gasteiger partial charge in [0, 0.05) is 24.4 Å². The highest BCUT2D eigenvalue weighted by atomic mass is 32.2. The molecule has 0 radical (unpaired) electrons. The number of amides is 1. The van der Waals surface area contributed by atoms with E-state index >= 15 is 0 Å². The zero-order valence-electron chi connectivity index (χ0n) is 16.5. The van der Waals surface area contributed by atoms with Crippen LogP contribution in [0.15, 0.2) is 71.1 Å². The lowest BCUT2D eigenvalue weighted by molar-refractivity contribution is 0.0778. The fourth-order valence-electron chi connectivity index (χ4n) is 2.78. The van der Waals surface area contributed by atoms with Crippen LogP contribution in [0.25, 0.3) is 5.69 Å². The number of nitrogens with zero attached hydrogens (tertiary/aromatic N) is 3. The highest BCUT2D eigenvalue weighted by molar-refractivity contribution is 8.00. The Morgan fingerprint density at radius 1 is 1.21 bits per heavy atom. The van der Waals surface area contributed by atoms with E-state index in [0.717, 1.165) is 21.4 Å². The third-order valence-corrected chi connectivity index (χ3v) is 6.66. The Labute approximate surface area is 184 Å². The predicted octanol–water partition coefficient (Wildman–Crippen LogP) is 5.99. The van der Waals surface area contributed by atoms with Gasteiger partial charge in [-0.05, 0) is 55.9 Å². The van der Waals surface area contributed by atoms with E-state index in [-0.39, 0.29) is 5.91 Å². The van der Waals surface area contributed by atoms with Gasteiger partial charge in [0.15, 0.2) is 8.29 Å². The number of rotatable bonds is 8. The van der Waals surface area contributed by atoms with Crippen LogP contribution in [-0.2, 0) is 5.75 Å². The van der Waals surface area contributed by atoms with E-state index < -0.39 is 0 Å². The Kier molecular flexibility index (Phi) is 7.41. The number of likely N-dealkylation sites (N-methyl/N-ethyl adjacent to an activating group) is 1. The molecule has 0 saturated carbocycles. The first-order valence-electron chi connectivity index (χ1n) is 9.29. The van der Waals surface area contributed by atoms with Gasteiger partial charge in [-0.3, -0.25) is 4.79 Å². The number of carbonyl (C=O) groups is 1. The van der Waals surface area contributed by atoms with Gasteiger partial charge >= 0.3 is 0 Å². The molecule has 1 aromatic heterocycles. The van der Waals surface area contributed by atoms with Gasteiger partial charge in [-0.15, -0.1) is 5.10 Å². The van der Waals surface area contributed by atoms with Crippen LogP contribution in [0.4, 0.5) is 0 Å². The normalized spacial score (nSPS) is 10.7. The van der Waals surface area contributed by atoms with Crippen molar-refractivity contribution in [1.82, 2.24) is 14.7 Å². The first kappa shape index (κ1) is 21.5. The SMILES string of the molecule is C=C(C)CN(CC)C(=O)c1ccc(-n2nc(SCc3ccccc3)sc2=S)cc1. The monoisotopic (exact) mass is 441 g/mol. The molecule has 3 rings (SSSR count). The molecule has 29 heavy (non-hydrogen) atoms. The molecule has 0 saturated heterocycles. The van der Waals surface area contributed by atoms with Crippen molar-refractivity contribution >= 4 is 41.2 Å². The Morgan fingerprint density at radius 3 is 2.52 bits per heavy atom. The van der Waals surface area contributed by atoms with Crippen LogP contribution in [0.2, 0.25) is 0 Å². The third kappa shape index (κ3) is 5.65. The van der Waals surface area contributed by atoms with Gasteiger partial charge in [-0.2, -0.15) is 0 Å². The summed E-state index contributed by atoms with van der Waals surface area (Å²) in [5.74, 6) is 0.856. The topological polar surface area (TPSA) is 38.1 Å². The first-order valence-corrected chi connectivity index (χ1v) is 11.5. The van der Waals surface area contributed by atoms with Crippen molar-refractivity contribution < 1.29 is 4.79 Å². The second-order valence-corrected chi connectivity index (χ2v) is 9.49. The van der Waals surface area contributed by atoms with E-state index in [4.69, 9.17) is 12.2 Å². The quantitative estimate of drug-likeness (QED) is 0.244. The summed E-state index contributed by atoms with van der Waals surface area (Å²) in [6.07, 6.45) is 0. The molecule has 1 amide bonds. The maximum Gasteiger partial charge on any atom is 0.254 e. The molecule has 0 unspecified atom stereocenters. The average molecular weight is 442 g/mol. The van der Waals surface area contributed by atoms with Gasteiger partial charge in [-0.25, -0.2) is 4.68 Å². The first-order chi connectivity index (χ1) is 14.0. The largest absolute Gasteiger partial charge is 0.335 e. The van der Waals surface area contributed by atoms with Gasteiger partial charge in [0.2, 0.25) is 0 Å². The number of benzene rings is 2. The van der Waals surface area contributed by atoms with Gasteiger partial charge in [-0.1, -0.05) is 65.6 Å². The van der Waals surface area contributed by atoms with Crippen LogP contribution in [0.1, 0.15) is 29.8 Å². The van der Waals surface area contributed by atoms with E-state index in [1.54, 1.807) is 21.3 Å². The Bertz CT molecular complexity index is 1040. The molecule has 0 atom stereocenters. The molecule has 4 nitrogen and oxygen atoms in total. The van der Waals surface area contributed by atoms with Crippen molar-refractivity contribution in [3.05, 3.63) is 81.8 Å². The summed E-state index contributed by atoms with van der Waals surface area (Å²) >= 11 is 8.67. The van der Waals surface area contributed by atoms with Crippen LogP contribution < -0.4 is 0 Å². The number of hydrogen-bond acceptors (Lipinski definition) is 5. The minimum atomic E-state index is 0.00281. The molecule has 0 aliphatic carbocycles. The zero-order chi connectivity index (χ0) is 20.8. The number of hydrogen-bond donors (Lipinski definition) is 0. The standard InChI is InChI=1S/C22H23N3OS3/c1-4-24(14-16(2)3)20(26)18-10-12-19(13-11-18)25-22(27)29-21(23-25)28-15-17-8-6-5-7-9-17/h5-13H,2,4,14-15H2,1,3H3. The molecule has 0 spiro atoms. The summed E-state index contributed by atoms with van der Waals surface area (Å²) in [5, 5.41) is 4.65. The maximum atomic E-state index is 12.7. The molecule has 3 aromatic rings. The molecule has 7 heteroatoms. The molecular weight excluding hydrogens is 418 g/mol. The molecule has 0 N–H and O–H groups in total. The number of carbonyl (C=O) groups excluding carboxylic acids is 1. The van der Waals surface area contributed by atoms with E-state index in [1.807, 2.05) is 56.3 Å².